The molecular weight excluding hydrogens is 314 g/mol. The molecule has 1 amide bonds. The SMILES string of the molecule is CCc1nn(C)cc1-c1cccc(C(=O)NC2(COC)CCCC2)c1. The highest BCUT2D eigenvalue weighted by atomic mass is 16.5. The third-order valence-corrected chi connectivity index (χ3v) is 5.04. The number of benzene rings is 1. The molecule has 1 aromatic carbocycles. The highest BCUT2D eigenvalue weighted by Crippen LogP contribution is 2.30. The Morgan fingerprint density at radius 1 is 1.36 bits per heavy atom. The molecule has 2 aromatic rings. The van der Waals surface area contributed by atoms with Crippen LogP contribution in [0.1, 0.15) is 48.7 Å². The molecule has 5 heteroatoms. The van der Waals surface area contributed by atoms with Crippen molar-refractivity contribution in [2.45, 2.75) is 44.6 Å². The molecule has 1 aliphatic rings. The third-order valence-electron chi connectivity index (χ3n) is 5.04. The highest BCUT2D eigenvalue weighted by molar-refractivity contribution is 5.96. The molecule has 0 bridgehead atoms. The van der Waals surface area contributed by atoms with Crippen LogP contribution in [0.25, 0.3) is 11.1 Å². The Hall–Kier alpha value is -2.14. The zero-order valence-corrected chi connectivity index (χ0v) is 15.3. The first-order valence-electron chi connectivity index (χ1n) is 9.01. The summed E-state index contributed by atoms with van der Waals surface area (Å²) in [5, 5.41) is 7.74. The van der Waals surface area contributed by atoms with E-state index < -0.39 is 0 Å². The van der Waals surface area contributed by atoms with Gasteiger partial charge in [0.05, 0.1) is 17.8 Å². The van der Waals surface area contributed by atoms with Crippen molar-refractivity contribution in [3.05, 3.63) is 41.7 Å². The van der Waals surface area contributed by atoms with E-state index in [1.807, 2.05) is 42.2 Å². The number of methoxy groups -OCH3 is 1. The highest BCUT2D eigenvalue weighted by Gasteiger charge is 2.35. The molecule has 1 aliphatic carbocycles. The zero-order valence-electron chi connectivity index (χ0n) is 15.3. The lowest BCUT2D eigenvalue weighted by Crippen LogP contribution is -2.49. The van der Waals surface area contributed by atoms with Gasteiger partial charge < -0.3 is 10.1 Å². The Labute approximate surface area is 149 Å². The van der Waals surface area contributed by atoms with Crippen LogP contribution in [-0.2, 0) is 18.2 Å². The van der Waals surface area contributed by atoms with Crippen LogP contribution in [-0.4, -0.2) is 34.9 Å². The van der Waals surface area contributed by atoms with Crippen LogP contribution in [0.3, 0.4) is 0 Å². The first kappa shape index (κ1) is 17.7. The molecule has 1 heterocycles. The second kappa shape index (κ2) is 7.40. The van der Waals surface area contributed by atoms with Crippen LogP contribution in [0.2, 0.25) is 0 Å². The number of aromatic nitrogens is 2. The Kier molecular flexibility index (Phi) is 5.23. The predicted octanol–water partition coefficient (Wildman–Crippen LogP) is 3.34. The van der Waals surface area contributed by atoms with Gasteiger partial charge in [-0.05, 0) is 37.0 Å². The fraction of sp³-hybridized carbons (Fsp3) is 0.500. The van der Waals surface area contributed by atoms with Crippen LogP contribution in [0.15, 0.2) is 30.5 Å². The van der Waals surface area contributed by atoms with E-state index in [1.54, 1.807) is 7.11 Å². The molecule has 0 atom stereocenters. The van der Waals surface area contributed by atoms with Gasteiger partial charge in [-0.1, -0.05) is 31.9 Å². The van der Waals surface area contributed by atoms with Gasteiger partial charge in [-0.3, -0.25) is 9.48 Å². The minimum absolute atomic E-state index is 0.0252. The molecule has 0 unspecified atom stereocenters. The predicted molar refractivity (Wildman–Crippen MR) is 98.6 cm³/mol. The summed E-state index contributed by atoms with van der Waals surface area (Å²) < 4.78 is 7.19. The molecule has 1 fully saturated rings. The van der Waals surface area contributed by atoms with Crippen molar-refractivity contribution < 1.29 is 9.53 Å². The minimum atomic E-state index is -0.218. The van der Waals surface area contributed by atoms with E-state index in [9.17, 15) is 4.79 Å². The van der Waals surface area contributed by atoms with E-state index in [0.29, 0.717) is 12.2 Å². The van der Waals surface area contributed by atoms with Crippen LogP contribution >= 0.6 is 0 Å². The fourth-order valence-electron chi connectivity index (χ4n) is 3.81. The smallest absolute Gasteiger partial charge is 0.251 e. The molecule has 3 rings (SSSR count). The van der Waals surface area contributed by atoms with Gasteiger partial charge in [0.15, 0.2) is 0 Å². The number of ether oxygens (including phenoxy) is 1. The molecule has 1 aromatic heterocycles. The van der Waals surface area contributed by atoms with Crippen LogP contribution in [0.4, 0.5) is 0 Å². The summed E-state index contributed by atoms with van der Waals surface area (Å²) in [5.74, 6) is -0.0252. The van der Waals surface area contributed by atoms with Crippen molar-refractivity contribution in [3.63, 3.8) is 0 Å². The summed E-state index contributed by atoms with van der Waals surface area (Å²) in [7, 11) is 3.62. The number of hydrogen-bond donors (Lipinski definition) is 1. The molecule has 134 valence electrons. The number of rotatable bonds is 6. The lowest BCUT2D eigenvalue weighted by Gasteiger charge is -2.29. The van der Waals surface area contributed by atoms with Crippen LogP contribution < -0.4 is 5.32 Å². The van der Waals surface area contributed by atoms with Gasteiger partial charge in [0.1, 0.15) is 0 Å². The van der Waals surface area contributed by atoms with Crippen LogP contribution in [0, 0.1) is 0 Å². The maximum absolute atomic E-state index is 12.8. The lowest BCUT2D eigenvalue weighted by atomic mass is 9.97. The number of carbonyl (C=O) groups is 1. The molecule has 0 radical (unpaired) electrons. The Bertz CT molecular complexity index is 745. The fourth-order valence-corrected chi connectivity index (χ4v) is 3.81. The van der Waals surface area contributed by atoms with Crippen molar-refractivity contribution in [2.75, 3.05) is 13.7 Å². The molecule has 1 N–H and O–H groups in total. The Morgan fingerprint density at radius 3 is 2.80 bits per heavy atom. The maximum atomic E-state index is 12.8. The third kappa shape index (κ3) is 3.76. The number of carbonyl (C=O) groups excluding carboxylic acids is 1. The molecule has 0 aliphatic heterocycles. The average Bonchev–Trinajstić information content (AvgIpc) is 3.22. The van der Waals surface area contributed by atoms with Gasteiger partial charge in [0.2, 0.25) is 0 Å². The molecule has 25 heavy (non-hydrogen) atoms. The number of nitrogens with zero attached hydrogens (tertiary/aromatic N) is 2. The zero-order chi connectivity index (χ0) is 17.9. The number of nitrogens with one attached hydrogen (secondary N) is 1. The minimum Gasteiger partial charge on any atom is -0.382 e. The largest absolute Gasteiger partial charge is 0.382 e. The van der Waals surface area contributed by atoms with Gasteiger partial charge in [0, 0.05) is 31.5 Å². The number of aryl methyl sites for hydroxylation is 2. The lowest BCUT2D eigenvalue weighted by molar-refractivity contribution is 0.0767. The van der Waals surface area contributed by atoms with Gasteiger partial charge in [0.25, 0.3) is 5.91 Å². The van der Waals surface area contributed by atoms with Gasteiger partial charge >= 0.3 is 0 Å². The quantitative estimate of drug-likeness (QED) is 0.877. The molecule has 0 spiro atoms. The van der Waals surface area contributed by atoms with E-state index in [1.165, 1.54) is 0 Å². The van der Waals surface area contributed by atoms with Gasteiger partial charge in [-0.15, -0.1) is 0 Å². The monoisotopic (exact) mass is 341 g/mol. The summed E-state index contributed by atoms with van der Waals surface area (Å²) >= 11 is 0. The summed E-state index contributed by atoms with van der Waals surface area (Å²) in [6.45, 7) is 2.66. The first-order valence-corrected chi connectivity index (χ1v) is 9.01. The summed E-state index contributed by atoms with van der Waals surface area (Å²) in [4.78, 5) is 12.8. The van der Waals surface area contributed by atoms with Crippen LogP contribution in [0.5, 0.6) is 0 Å². The van der Waals surface area contributed by atoms with E-state index in [-0.39, 0.29) is 11.4 Å². The first-order chi connectivity index (χ1) is 12.1. The van der Waals surface area contributed by atoms with E-state index in [4.69, 9.17) is 4.74 Å². The van der Waals surface area contributed by atoms with Gasteiger partial charge in [-0.2, -0.15) is 5.10 Å². The molecular formula is C20H27N3O2. The number of hydrogen-bond acceptors (Lipinski definition) is 3. The molecule has 0 saturated heterocycles. The summed E-state index contributed by atoms with van der Waals surface area (Å²) in [6.07, 6.45) is 7.12. The van der Waals surface area contributed by atoms with Crippen molar-refractivity contribution in [1.82, 2.24) is 15.1 Å². The number of amides is 1. The van der Waals surface area contributed by atoms with Gasteiger partial charge in [-0.25, -0.2) is 0 Å². The maximum Gasteiger partial charge on any atom is 0.251 e. The second-order valence-corrected chi connectivity index (χ2v) is 6.97. The summed E-state index contributed by atoms with van der Waals surface area (Å²) in [5.41, 5.74) is 3.64. The Morgan fingerprint density at radius 2 is 2.12 bits per heavy atom. The van der Waals surface area contributed by atoms with Crippen molar-refractivity contribution in [1.29, 1.82) is 0 Å². The van der Waals surface area contributed by atoms with E-state index in [2.05, 4.69) is 17.3 Å². The summed E-state index contributed by atoms with van der Waals surface area (Å²) in [6, 6.07) is 7.80. The van der Waals surface area contributed by atoms with E-state index in [0.717, 1.165) is 48.9 Å². The van der Waals surface area contributed by atoms with Crippen molar-refractivity contribution in [3.8, 4) is 11.1 Å². The second-order valence-electron chi connectivity index (χ2n) is 6.97. The normalized spacial score (nSPS) is 16.1. The van der Waals surface area contributed by atoms with Crippen molar-refractivity contribution >= 4 is 5.91 Å². The molecule has 1 saturated carbocycles. The standard InChI is InChI=1S/C20H27N3O2/c1-4-18-17(13-23(2)22-18)15-8-7-9-16(12-15)19(24)21-20(14-25-3)10-5-6-11-20/h7-9,12-13H,4-6,10-11,14H2,1-3H3,(H,21,24). The Balaban J connectivity index is 1.84. The van der Waals surface area contributed by atoms with Crippen molar-refractivity contribution in [2.24, 2.45) is 7.05 Å². The van der Waals surface area contributed by atoms with E-state index >= 15 is 0 Å². The topological polar surface area (TPSA) is 56.2 Å². The molecule has 5 nitrogen and oxygen atoms in total. The average molecular weight is 341 g/mol.